The molecule has 2 aliphatic rings. The van der Waals surface area contributed by atoms with Gasteiger partial charge in [-0.2, -0.15) is 0 Å². The SMILES string of the molecule is O=C1CSc2cccc3c2N1CC3. The van der Waals surface area contributed by atoms with E-state index in [2.05, 4.69) is 18.2 Å². The smallest absolute Gasteiger partial charge is 0.237 e. The van der Waals surface area contributed by atoms with Gasteiger partial charge in [0, 0.05) is 11.4 Å². The molecule has 1 aromatic carbocycles. The van der Waals surface area contributed by atoms with Gasteiger partial charge in [-0.1, -0.05) is 12.1 Å². The van der Waals surface area contributed by atoms with E-state index in [1.165, 1.54) is 16.1 Å². The predicted molar refractivity (Wildman–Crippen MR) is 53.2 cm³/mol. The molecule has 0 aromatic heterocycles. The van der Waals surface area contributed by atoms with Crippen molar-refractivity contribution >= 4 is 23.4 Å². The van der Waals surface area contributed by atoms with Gasteiger partial charge in [-0.3, -0.25) is 4.79 Å². The molecule has 0 unspecified atom stereocenters. The number of benzene rings is 1. The Morgan fingerprint density at radius 1 is 1.38 bits per heavy atom. The van der Waals surface area contributed by atoms with Crippen LogP contribution in [0.3, 0.4) is 0 Å². The molecule has 0 bridgehead atoms. The third kappa shape index (κ3) is 0.936. The molecule has 0 aliphatic carbocycles. The van der Waals surface area contributed by atoms with Crippen LogP contribution in [0.15, 0.2) is 23.1 Å². The van der Waals surface area contributed by atoms with Crippen LogP contribution >= 0.6 is 11.8 Å². The molecule has 0 fully saturated rings. The molecule has 2 heterocycles. The van der Waals surface area contributed by atoms with Crippen LogP contribution in [0, 0.1) is 0 Å². The van der Waals surface area contributed by atoms with Gasteiger partial charge in [0.2, 0.25) is 5.91 Å². The molecule has 0 radical (unpaired) electrons. The molecule has 1 aromatic rings. The van der Waals surface area contributed by atoms with E-state index in [4.69, 9.17) is 0 Å². The van der Waals surface area contributed by atoms with Crippen molar-refractivity contribution in [2.75, 3.05) is 17.2 Å². The summed E-state index contributed by atoms with van der Waals surface area (Å²) in [5.41, 5.74) is 2.52. The highest BCUT2D eigenvalue weighted by Gasteiger charge is 2.30. The molecule has 0 saturated heterocycles. The molecule has 0 spiro atoms. The lowest BCUT2D eigenvalue weighted by Crippen LogP contribution is -2.33. The fourth-order valence-electron chi connectivity index (χ4n) is 2.00. The molecule has 2 nitrogen and oxygen atoms in total. The summed E-state index contributed by atoms with van der Waals surface area (Å²) in [5, 5.41) is 0. The number of nitrogens with zero attached hydrogens (tertiary/aromatic N) is 1. The highest BCUT2D eigenvalue weighted by molar-refractivity contribution is 8.00. The van der Waals surface area contributed by atoms with Gasteiger partial charge in [0.15, 0.2) is 0 Å². The summed E-state index contributed by atoms with van der Waals surface area (Å²) in [7, 11) is 0. The average Bonchev–Trinajstić information content (AvgIpc) is 2.57. The van der Waals surface area contributed by atoms with Crippen LogP contribution in [0.25, 0.3) is 0 Å². The molecule has 3 rings (SSSR count). The van der Waals surface area contributed by atoms with Crippen LogP contribution in [0.1, 0.15) is 5.56 Å². The first kappa shape index (κ1) is 7.44. The lowest BCUT2D eigenvalue weighted by molar-refractivity contribution is -0.116. The third-order valence-corrected chi connectivity index (χ3v) is 3.64. The minimum absolute atomic E-state index is 0.266. The summed E-state index contributed by atoms with van der Waals surface area (Å²) in [4.78, 5) is 14.7. The highest BCUT2D eigenvalue weighted by Crippen LogP contribution is 2.41. The molecule has 66 valence electrons. The Morgan fingerprint density at radius 3 is 3.23 bits per heavy atom. The van der Waals surface area contributed by atoms with Crippen molar-refractivity contribution in [1.29, 1.82) is 0 Å². The second-order valence-electron chi connectivity index (χ2n) is 3.35. The first-order valence-electron chi connectivity index (χ1n) is 4.41. The van der Waals surface area contributed by atoms with E-state index in [1.54, 1.807) is 11.8 Å². The van der Waals surface area contributed by atoms with Crippen LogP contribution in [0.4, 0.5) is 5.69 Å². The standard InChI is InChI=1S/C10H9NOS/c12-9-6-13-8-3-1-2-7-4-5-11(9)10(7)8/h1-3H,4-6H2. The van der Waals surface area contributed by atoms with Crippen molar-refractivity contribution in [3.05, 3.63) is 23.8 Å². The number of amides is 1. The summed E-state index contributed by atoms with van der Waals surface area (Å²) in [6.07, 6.45) is 1.02. The molecule has 0 N–H and O–H groups in total. The predicted octanol–water partition coefficient (Wildman–Crippen LogP) is 1.68. The molecular weight excluding hydrogens is 182 g/mol. The quantitative estimate of drug-likeness (QED) is 0.622. The lowest BCUT2D eigenvalue weighted by Gasteiger charge is -2.24. The molecule has 2 aliphatic heterocycles. The Morgan fingerprint density at radius 2 is 2.31 bits per heavy atom. The molecule has 13 heavy (non-hydrogen) atoms. The minimum Gasteiger partial charge on any atom is -0.310 e. The number of hydrogen-bond donors (Lipinski definition) is 0. The van der Waals surface area contributed by atoms with Gasteiger partial charge in [-0.15, -0.1) is 11.8 Å². The summed E-state index contributed by atoms with van der Waals surface area (Å²) < 4.78 is 0. The number of carbonyl (C=O) groups excluding carboxylic acids is 1. The zero-order chi connectivity index (χ0) is 8.84. The number of rotatable bonds is 0. The Balaban J connectivity index is 2.24. The summed E-state index contributed by atoms with van der Waals surface area (Å²) in [6, 6.07) is 6.31. The Bertz CT molecular complexity index is 389. The van der Waals surface area contributed by atoms with E-state index in [9.17, 15) is 4.79 Å². The van der Waals surface area contributed by atoms with Gasteiger partial charge in [0.25, 0.3) is 0 Å². The maximum atomic E-state index is 11.5. The summed E-state index contributed by atoms with van der Waals surface area (Å²) in [5.74, 6) is 0.874. The van der Waals surface area contributed by atoms with Crippen molar-refractivity contribution in [2.45, 2.75) is 11.3 Å². The largest absolute Gasteiger partial charge is 0.310 e. The first-order valence-corrected chi connectivity index (χ1v) is 5.40. The van der Waals surface area contributed by atoms with Crippen molar-refractivity contribution in [3.63, 3.8) is 0 Å². The van der Waals surface area contributed by atoms with Gasteiger partial charge >= 0.3 is 0 Å². The number of thioether (sulfide) groups is 1. The van der Waals surface area contributed by atoms with Crippen LogP contribution in [-0.2, 0) is 11.2 Å². The summed E-state index contributed by atoms with van der Waals surface area (Å²) >= 11 is 1.66. The summed E-state index contributed by atoms with van der Waals surface area (Å²) in [6.45, 7) is 0.881. The number of hydrogen-bond acceptors (Lipinski definition) is 2. The van der Waals surface area contributed by atoms with Crippen LogP contribution in [-0.4, -0.2) is 18.2 Å². The van der Waals surface area contributed by atoms with E-state index in [0.29, 0.717) is 5.75 Å². The normalized spacial score (nSPS) is 19.1. The van der Waals surface area contributed by atoms with Crippen molar-refractivity contribution in [2.24, 2.45) is 0 Å². The molecule has 1 amide bonds. The monoisotopic (exact) mass is 191 g/mol. The maximum absolute atomic E-state index is 11.5. The van der Waals surface area contributed by atoms with Gasteiger partial charge in [-0.05, 0) is 18.1 Å². The number of carbonyl (C=O) groups is 1. The molecule has 0 atom stereocenters. The Labute approximate surface area is 80.9 Å². The van der Waals surface area contributed by atoms with Crippen molar-refractivity contribution < 1.29 is 4.79 Å². The number of anilines is 1. The minimum atomic E-state index is 0.266. The zero-order valence-corrected chi connectivity index (χ0v) is 7.93. The van der Waals surface area contributed by atoms with Gasteiger partial charge in [-0.25, -0.2) is 0 Å². The fraction of sp³-hybridized carbons (Fsp3) is 0.300. The maximum Gasteiger partial charge on any atom is 0.237 e. The first-order chi connectivity index (χ1) is 6.36. The average molecular weight is 191 g/mol. The topological polar surface area (TPSA) is 20.3 Å². The van der Waals surface area contributed by atoms with Gasteiger partial charge in [0.1, 0.15) is 0 Å². The molecule has 3 heteroatoms. The van der Waals surface area contributed by atoms with E-state index in [0.717, 1.165) is 13.0 Å². The molecule has 0 saturated carbocycles. The van der Waals surface area contributed by atoms with Crippen molar-refractivity contribution in [3.8, 4) is 0 Å². The van der Waals surface area contributed by atoms with E-state index < -0.39 is 0 Å². The van der Waals surface area contributed by atoms with E-state index in [1.807, 2.05) is 4.90 Å². The molecular formula is C10H9NOS. The highest BCUT2D eigenvalue weighted by atomic mass is 32.2. The van der Waals surface area contributed by atoms with Crippen LogP contribution in [0.2, 0.25) is 0 Å². The van der Waals surface area contributed by atoms with Gasteiger partial charge in [0.05, 0.1) is 11.4 Å². The Kier molecular flexibility index (Phi) is 1.44. The third-order valence-electron chi connectivity index (χ3n) is 2.61. The van der Waals surface area contributed by atoms with Crippen LogP contribution < -0.4 is 4.90 Å². The van der Waals surface area contributed by atoms with E-state index >= 15 is 0 Å². The van der Waals surface area contributed by atoms with Crippen LogP contribution in [0.5, 0.6) is 0 Å². The second kappa shape index (κ2) is 2.51. The van der Waals surface area contributed by atoms with Gasteiger partial charge < -0.3 is 4.90 Å². The zero-order valence-electron chi connectivity index (χ0n) is 7.12. The second-order valence-corrected chi connectivity index (χ2v) is 4.37. The van der Waals surface area contributed by atoms with Crippen molar-refractivity contribution in [1.82, 2.24) is 0 Å². The fourth-order valence-corrected chi connectivity index (χ4v) is 2.99. The lowest BCUT2D eigenvalue weighted by atomic mass is 10.2. The van der Waals surface area contributed by atoms with E-state index in [-0.39, 0.29) is 5.91 Å². The Hall–Kier alpha value is -0.960. The number of para-hydroxylation sites is 1.